The van der Waals surface area contributed by atoms with Gasteiger partial charge in [0.05, 0.1) is 12.5 Å². The van der Waals surface area contributed by atoms with Crippen LogP contribution in [-0.4, -0.2) is 42.4 Å². The van der Waals surface area contributed by atoms with Crippen molar-refractivity contribution in [2.24, 2.45) is 11.8 Å². The number of carboxylic acid groups (broad SMARTS) is 1. The first kappa shape index (κ1) is 16.1. The molecule has 0 spiro atoms. The maximum Gasteiger partial charge on any atom is 0.315 e. The van der Waals surface area contributed by atoms with E-state index in [-0.39, 0.29) is 24.0 Å². The summed E-state index contributed by atoms with van der Waals surface area (Å²) in [7, 11) is 0. The number of hydrogen-bond donors (Lipinski definition) is 3. The molecule has 1 aliphatic heterocycles. The molecule has 1 aliphatic carbocycles. The maximum absolute atomic E-state index is 12.0. The van der Waals surface area contributed by atoms with Crippen LogP contribution in [0, 0.1) is 11.8 Å². The van der Waals surface area contributed by atoms with Crippen LogP contribution in [0.1, 0.15) is 45.4 Å². The summed E-state index contributed by atoms with van der Waals surface area (Å²) >= 11 is 0. The molecule has 0 aromatic carbocycles. The van der Waals surface area contributed by atoms with Gasteiger partial charge in [-0.3, -0.25) is 4.79 Å². The van der Waals surface area contributed by atoms with Gasteiger partial charge >= 0.3 is 12.0 Å². The molecule has 2 unspecified atom stereocenters. The maximum atomic E-state index is 12.0. The Hall–Kier alpha value is -1.30. The van der Waals surface area contributed by atoms with Crippen LogP contribution in [0.4, 0.5) is 4.79 Å². The predicted molar refractivity (Wildman–Crippen MR) is 78.1 cm³/mol. The van der Waals surface area contributed by atoms with E-state index in [1.165, 1.54) is 0 Å². The first-order chi connectivity index (χ1) is 10.1. The van der Waals surface area contributed by atoms with Crippen molar-refractivity contribution in [1.82, 2.24) is 10.6 Å². The molecular formula is C15H26N2O4. The van der Waals surface area contributed by atoms with Crippen molar-refractivity contribution < 1.29 is 19.4 Å². The second kappa shape index (κ2) is 7.64. The average Bonchev–Trinajstić information content (AvgIpc) is 2.48. The molecule has 6 heteroatoms. The van der Waals surface area contributed by atoms with E-state index in [1.54, 1.807) is 0 Å². The van der Waals surface area contributed by atoms with Gasteiger partial charge < -0.3 is 20.5 Å². The Morgan fingerprint density at radius 2 is 1.90 bits per heavy atom. The minimum atomic E-state index is -0.719. The standard InChI is InChI=1S/C15H26N2O4/c1-10(12-3-2-8-21-9-12)16-15(20)17-13-6-4-11(5-7-13)14(18)19/h10-13H,2-9H2,1H3,(H,18,19)(H2,16,17,20). The van der Waals surface area contributed by atoms with E-state index in [0.717, 1.165) is 32.3 Å². The molecule has 2 atom stereocenters. The monoisotopic (exact) mass is 298 g/mol. The van der Waals surface area contributed by atoms with Gasteiger partial charge in [-0.2, -0.15) is 0 Å². The van der Waals surface area contributed by atoms with Crippen LogP contribution in [0.2, 0.25) is 0 Å². The van der Waals surface area contributed by atoms with Crippen molar-refractivity contribution in [3.8, 4) is 0 Å². The molecule has 0 aromatic heterocycles. The molecule has 1 saturated heterocycles. The van der Waals surface area contributed by atoms with Gasteiger partial charge in [-0.1, -0.05) is 0 Å². The Labute approximate surface area is 125 Å². The normalized spacial score (nSPS) is 31.2. The van der Waals surface area contributed by atoms with Crippen LogP contribution in [0.15, 0.2) is 0 Å². The molecule has 0 aromatic rings. The fourth-order valence-corrected chi connectivity index (χ4v) is 3.20. The molecule has 0 bridgehead atoms. The van der Waals surface area contributed by atoms with Gasteiger partial charge in [0.15, 0.2) is 0 Å². The van der Waals surface area contributed by atoms with Gasteiger partial charge in [-0.25, -0.2) is 4.79 Å². The molecule has 3 N–H and O–H groups in total. The molecule has 0 radical (unpaired) electrons. The molecule has 1 saturated carbocycles. The summed E-state index contributed by atoms with van der Waals surface area (Å²) in [5, 5.41) is 14.9. The van der Waals surface area contributed by atoms with Crippen molar-refractivity contribution in [3.63, 3.8) is 0 Å². The van der Waals surface area contributed by atoms with E-state index in [0.29, 0.717) is 25.4 Å². The Balaban J connectivity index is 1.68. The Kier molecular flexibility index (Phi) is 5.85. The Morgan fingerprint density at radius 1 is 1.19 bits per heavy atom. The van der Waals surface area contributed by atoms with E-state index >= 15 is 0 Å². The van der Waals surface area contributed by atoms with Gasteiger partial charge in [0.2, 0.25) is 0 Å². The number of ether oxygens (including phenoxy) is 1. The summed E-state index contributed by atoms with van der Waals surface area (Å²) in [6.45, 7) is 3.55. The number of carbonyl (C=O) groups excluding carboxylic acids is 1. The number of aliphatic carboxylic acids is 1. The number of hydrogen-bond acceptors (Lipinski definition) is 3. The highest BCUT2D eigenvalue weighted by Crippen LogP contribution is 2.24. The minimum Gasteiger partial charge on any atom is -0.481 e. The van der Waals surface area contributed by atoms with Crippen LogP contribution in [-0.2, 0) is 9.53 Å². The Morgan fingerprint density at radius 3 is 2.48 bits per heavy atom. The van der Waals surface area contributed by atoms with Crippen molar-refractivity contribution in [1.29, 1.82) is 0 Å². The molecule has 6 nitrogen and oxygen atoms in total. The summed E-state index contributed by atoms with van der Waals surface area (Å²) in [6, 6.07) is 0.0444. The van der Waals surface area contributed by atoms with Crippen LogP contribution < -0.4 is 10.6 Å². The molecule has 2 aliphatic rings. The van der Waals surface area contributed by atoms with E-state index < -0.39 is 5.97 Å². The largest absolute Gasteiger partial charge is 0.481 e. The van der Waals surface area contributed by atoms with E-state index in [2.05, 4.69) is 10.6 Å². The third kappa shape index (κ3) is 4.88. The van der Waals surface area contributed by atoms with E-state index in [9.17, 15) is 9.59 Å². The summed E-state index contributed by atoms with van der Waals surface area (Å²) in [5.41, 5.74) is 0. The van der Waals surface area contributed by atoms with Crippen molar-refractivity contribution in [3.05, 3.63) is 0 Å². The highest BCUT2D eigenvalue weighted by atomic mass is 16.5. The average molecular weight is 298 g/mol. The zero-order valence-electron chi connectivity index (χ0n) is 12.6. The highest BCUT2D eigenvalue weighted by molar-refractivity contribution is 5.74. The first-order valence-corrected chi connectivity index (χ1v) is 7.94. The number of urea groups is 1. The van der Waals surface area contributed by atoms with E-state index in [4.69, 9.17) is 9.84 Å². The lowest BCUT2D eigenvalue weighted by Crippen LogP contribution is -2.49. The van der Waals surface area contributed by atoms with Gasteiger partial charge in [0.1, 0.15) is 0 Å². The lowest BCUT2D eigenvalue weighted by Gasteiger charge is -2.30. The van der Waals surface area contributed by atoms with Crippen molar-refractivity contribution >= 4 is 12.0 Å². The highest BCUT2D eigenvalue weighted by Gasteiger charge is 2.27. The van der Waals surface area contributed by atoms with Crippen LogP contribution in [0.5, 0.6) is 0 Å². The zero-order chi connectivity index (χ0) is 15.2. The fraction of sp³-hybridized carbons (Fsp3) is 0.867. The number of rotatable bonds is 4. The third-order valence-electron chi connectivity index (χ3n) is 4.67. The lowest BCUT2D eigenvalue weighted by molar-refractivity contribution is -0.142. The molecule has 2 amide bonds. The lowest BCUT2D eigenvalue weighted by atomic mass is 9.86. The summed E-state index contributed by atoms with van der Waals surface area (Å²) in [4.78, 5) is 22.9. The third-order valence-corrected chi connectivity index (χ3v) is 4.67. The second-order valence-corrected chi connectivity index (χ2v) is 6.27. The topological polar surface area (TPSA) is 87.7 Å². The minimum absolute atomic E-state index is 0.0930. The van der Waals surface area contributed by atoms with Crippen molar-refractivity contribution in [2.75, 3.05) is 13.2 Å². The van der Waals surface area contributed by atoms with Crippen molar-refractivity contribution in [2.45, 2.75) is 57.5 Å². The number of nitrogens with one attached hydrogen (secondary N) is 2. The number of amides is 2. The predicted octanol–water partition coefficient (Wildman–Crippen LogP) is 1.74. The van der Waals surface area contributed by atoms with Gasteiger partial charge in [0.25, 0.3) is 0 Å². The quantitative estimate of drug-likeness (QED) is 0.738. The van der Waals surface area contributed by atoms with Gasteiger partial charge in [0, 0.05) is 24.6 Å². The molecular weight excluding hydrogens is 272 g/mol. The molecule has 2 fully saturated rings. The van der Waals surface area contributed by atoms with Gasteiger partial charge in [-0.15, -0.1) is 0 Å². The van der Waals surface area contributed by atoms with Gasteiger partial charge in [-0.05, 0) is 45.4 Å². The first-order valence-electron chi connectivity index (χ1n) is 7.94. The number of carboxylic acids is 1. The fourth-order valence-electron chi connectivity index (χ4n) is 3.20. The summed E-state index contributed by atoms with van der Waals surface area (Å²) in [5.74, 6) is -0.583. The number of carbonyl (C=O) groups is 2. The molecule has 21 heavy (non-hydrogen) atoms. The SMILES string of the molecule is CC(NC(=O)NC1CCC(C(=O)O)CC1)C1CCCOC1. The Bertz CT molecular complexity index is 361. The zero-order valence-corrected chi connectivity index (χ0v) is 12.6. The second-order valence-electron chi connectivity index (χ2n) is 6.27. The molecule has 1 heterocycles. The smallest absolute Gasteiger partial charge is 0.315 e. The van der Waals surface area contributed by atoms with Crippen LogP contribution in [0.25, 0.3) is 0 Å². The van der Waals surface area contributed by atoms with Crippen LogP contribution >= 0.6 is 0 Å². The molecule has 2 rings (SSSR count). The van der Waals surface area contributed by atoms with E-state index in [1.807, 2.05) is 6.92 Å². The molecule has 120 valence electrons. The summed E-state index contributed by atoms with van der Waals surface area (Å²) in [6.07, 6.45) is 4.91. The summed E-state index contributed by atoms with van der Waals surface area (Å²) < 4.78 is 5.44. The van der Waals surface area contributed by atoms with Crippen LogP contribution in [0.3, 0.4) is 0 Å².